The van der Waals surface area contributed by atoms with Gasteiger partial charge in [0.15, 0.2) is 0 Å². The van der Waals surface area contributed by atoms with Gasteiger partial charge in [0.05, 0.1) is 6.54 Å². The van der Waals surface area contributed by atoms with Crippen molar-refractivity contribution in [3.05, 3.63) is 33.1 Å². The van der Waals surface area contributed by atoms with Gasteiger partial charge in [-0.2, -0.15) is 4.98 Å². The molecule has 0 aliphatic carbocycles. The van der Waals surface area contributed by atoms with E-state index in [4.69, 9.17) is 5.73 Å². The van der Waals surface area contributed by atoms with E-state index in [0.717, 1.165) is 16.8 Å². The number of nitrogens with one attached hydrogen (secondary N) is 1. The summed E-state index contributed by atoms with van der Waals surface area (Å²) in [5, 5.41) is 5.22. The molecule has 0 fully saturated rings. The van der Waals surface area contributed by atoms with Gasteiger partial charge in [0.2, 0.25) is 5.95 Å². The van der Waals surface area contributed by atoms with Gasteiger partial charge in [-0.1, -0.05) is 0 Å². The Hall–Kier alpha value is -1.14. The monoisotopic (exact) mass is 284 g/mol. The van der Waals surface area contributed by atoms with Crippen molar-refractivity contribution < 1.29 is 0 Å². The third kappa shape index (κ3) is 2.90. The summed E-state index contributed by atoms with van der Waals surface area (Å²) in [6.45, 7) is 0.743. The fourth-order valence-corrected chi connectivity index (χ4v) is 2.49. The first kappa shape index (κ1) is 10.4. The summed E-state index contributed by atoms with van der Waals surface area (Å²) >= 11 is 5.10. The van der Waals surface area contributed by atoms with Gasteiger partial charge in [-0.3, -0.25) is 0 Å². The first-order valence-electron chi connectivity index (χ1n) is 4.29. The third-order valence-corrected chi connectivity index (χ3v) is 3.44. The molecule has 0 aliphatic rings. The molecule has 0 saturated carbocycles. The van der Waals surface area contributed by atoms with Crippen molar-refractivity contribution in [2.24, 2.45) is 0 Å². The Kier molecular flexibility index (Phi) is 3.17. The Bertz CT molecular complexity index is 457. The highest BCUT2D eigenvalue weighted by Crippen LogP contribution is 2.20. The Morgan fingerprint density at radius 3 is 3.07 bits per heavy atom. The minimum atomic E-state index is 0.285. The summed E-state index contributed by atoms with van der Waals surface area (Å²) in [5.41, 5.74) is 5.46. The molecule has 0 saturated heterocycles. The van der Waals surface area contributed by atoms with Crippen LogP contribution in [0.1, 0.15) is 4.88 Å². The number of nitrogens with two attached hydrogens (primary N) is 1. The molecular formula is C9H9BrN4S. The molecule has 0 atom stereocenters. The molecule has 0 spiro atoms. The summed E-state index contributed by atoms with van der Waals surface area (Å²) in [6, 6.07) is 3.86. The molecular weight excluding hydrogens is 276 g/mol. The number of halogens is 1. The van der Waals surface area contributed by atoms with Crippen LogP contribution in [0.25, 0.3) is 0 Å². The minimum absolute atomic E-state index is 0.285. The standard InChI is InChI=1S/C9H9BrN4S/c10-6-3-7(15-5-6)4-13-8-1-2-12-9(11)14-8/h1-3,5H,4H2,(H3,11,12,13,14). The van der Waals surface area contributed by atoms with Gasteiger partial charge in [0.25, 0.3) is 0 Å². The zero-order valence-corrected chi connectivity index (χ0v) is 10.2. The van der Waals surface area contributed by atoms with Gasteiger partial charge < -0.3 is 11.1 Å². The van der Waals surface area contributed by atoms with E-state index in [1.807, 2.05) is 5.38 Å². The summed E-state index contributed by atoms with van der Waals surface area (Å²) < 4.78 is 1.10. The smallest absolute Gasteiger partial charge is 0.221 e. The first-order valence-corrected chi connectivity index (χ1v) is 5.96. The number of hydrogen-bond donors (Lipinski definition) is 2. The molecule has 0 aromatic carbocycles. The van der Waals surface area contributed by atoms with Crippen molar-refractivity contribution in [3.63, 3.8) is 0 Å². The number of nitrogens with zero attached hydrogens (tertiary/aromatic N) is 2. The predicted octanol–water partition coefficient (Wildman–Crippen LogP) is 2.49. The molecule has 0 unspecified atom stereocenters. The maximum absolute atomic E-state index is 5.46. The Morgan fingerprint density at radius 1 is 1.53 bits per heavy atom. The van der Waals surface area contributed by atoms with Crippen molar-refractivity contribution in [3.8, 4) is 0 Å². The highest BCUT2D eigenvalue weighted by molar-refractivity contribution is 9.10. The number of anilines is 2. The molecule has 4 nitrogen and oxygen atoms in total. The average molecular weight is 285 g/mol. The Labute approximate surface area is 99.7 Å². The lowest BCUT2D eigenvalue weighted by Crippen LogP contribution is -2.02. The van der Waals surface area contributed by atoms with E-state index in [2.05, 4.69) is 37.3 Å². The summed E-state index contributed by atoms with van der Waals surface area (Å²) in [5.74, 6) is 1.03. The highest BCUT2D eigenvalue weighted by Gasteiger charge is 1.98. The molecule has 2 aromatic heterocycles. The second kappa shape index (κ2) is 4.59. The minimum Gasteiger partial charge on any atom is -0.368 e. The SMILES string of the molecule is Nc1nccc(NCc2cc(Br)cs2)n1. The molecule has 3 N–H and O–H groups in total. The lowest BCUT2D eigenvalue weighted by molar-refractivity contribution is 1.11. The largest absolute Gasteiger partial charge is 0.368 e. The number of nitrogen functional groups attached to an aromatic ring is 1. The van der Waals surface area contributed by atoms with Crippen LogP contribution in [0.2, 0.25) is 0 Å². The van der Waals surface area contributed by atoms with Crippen LogP contribution in [0.15, 0.2) is 28.2 Å². The topological polar surface area (TPSA) is 63.8 Å². The molecule has 15 heavy (non-hydrogen) atoms. The zero-order valence-electron chi connectivity index (χ0n) is 7.77. The second-order valence-electron chi connectivity index (χ2n) is 2.88. The lowest BCUT2D eigenvalue weighted by atomic mass is 10.4. The van der Waals surface area contributed by atoms with E-state index < -0.39 is 0 Å². The van der Waals surface area contributed by atoms with Gasteiger partial charge in [0.1, 0.15) is 5.82 Å². The quantitative estimate of drug-likeness (QED) is 0.909. The first-order chi connectivity index (χ1) is 7.24. The van der Waals surface area contributed by atoms with Crippen LogP contribution < -0.4 is 11.1 Å². The fraction of sp³-hybridized carbons (Fsp3) is 0.111. The van der Waals surface area contributed by atoms with Crippen molar-refractivity contribution in [1.82, 2.24) is 9.97 Å². The van der Waals surface area contributed by atoms with Gasteiger partial charge in [-0.15, -0.1) is 11.3 Å². The van der Waals surface area contributed by atoms with Crippen LogP contribution in [0.4, 0.5) is 11.8 Å². The summed E-state index contributed by atoms with van der Waals surface area (Å²) in [6.07, 6.45) is 1.63. The Balaban J connectivity index is 1.99. The average Bonchev–Trinajstić information content (AvgIpc) is 2.62. The molecule has 0 amide bonds. The molecule has 0 radical (unpaired) electrons. The van der Waals surface area contributed by atoms with Crippen LogP contribution in [0.3, 0.4) is 0 Å². The van der Waals surface area contributed by atoms with Crippen molar-refractivity contribution >= 4 is 39.0 Å². The van der Waals surface area contributed by atoms with E-state index in [-0.39, 0.29) is 5.95 Å². The van der Waals surface area contributed by atoms with E-state index in [9.17, 15) is 0 Å². The summed E-state index contributed by atoms with van der Waals surface area (Å²) in [7, 11) is 0. The highest BCUT2D eigenvalue weighted by atomic mass is 79.9. The Morgan fingerprint density at radius 2 is 2.40 bits per heavy atom. The number of thiophene rings is 1. The van der Waals surface area contributed by atoms with E-state index in [0.29, 0.717) is 0 Å². The van der Waals surface area contributed by atoms with E-state index >= 15 is 0 Å². The van der Waals surface area contributed by atoms with Crippen molar-refractivity contribution in [2.45, 2.75) is 6.54 Å². The molecule has 78 valence electrons. The van der Waals surface area contributed by atoms with Gasteiger partial charge in [-0.25, -0.2) is 4.98 Å². The van der Waals surface area contributed by atoms with Gasteiger partial charge >= 0.3 is 0 Å². The predicted molar refractivity (Wildman–Crippen MR) is 65.8 cm³/mol. The van der Waals surface area contributed by atoms with Crippen molar-refractivity contribution in [2.75, 3.05) is 11.1 Å². The number of rotatable bonds is 3. The van der Waals surface area contributed by atoms with Crippen LogP contribution >= 0.6 is 27.3 Å². The molecule has 0 bridgehead atoms. The van der Waals surface area contributed by atoms with Crippen LogP contribution in [-0.2, 0) is 6.54 Å². The van der Waals surface area contributed by atoms with Crippen molar-refractivity contribution in [1.29, 1.82) is 0 Å². The molecule has 2 heterocycles. The van der Waals surface area contributed by atoms with Gasteiger partial charge in [0, 0.05) is 20.9 Å². The second-order valence-corrected chi connectivity index (χ2v) is 4.80. The summed E-state index contributed by atoms with van der Waals surface area (Å²) in [4.78, 5) is 9.10. The fourth-order valence-electron chi connectivity index (χ4n) is 1.10. The molecule has 2 aromatic rings. The molecule has 2 rings (SSSR count). The normalized spacial score (nSPS) is 10.2. The van der Waals surface area contributed by atoms with E-state index in [1.54, 1.807) is 23.6 Å². The number of aromatic nitrogens is 2. The molecule has 0 aliphatic heterocycles. The van der Waals surface area contributed by atoms with Crippen LogP contribution in [-0.4, -0.2) is 9.97 Å². The lowest BCUT2D eigenvalue weighted by Gasteiger charge is -2.03. The number of hydrogen-bond acceptors (Lipinski definition) is 5. The van der Waals surface area contributed by atoms with Gasteiger partial charge in [-0.05, 0) is 28.1 Å². The van der Waals surface area contributed by atoms with E-state index in [1.165, 1.54) is 4.88 Å². The maximum atomic E-state index is 5.46. The zero-order chi connectivity index (χ0) is 10.7. The van der Waals surface area contributed by atoms with Crippen LogP contribution in [0.5, 0.6) is 0 Å². The third-order valence-electron chi connectivity index (χ3n) is 1.74. The molecule has 6 heteroatoms. The maximum Gasteiger partial charge on any atom is 0.221 e. The van der Waals surface area contributed by atoms with Crippen LogP contribution in [0, 0.1) is 0 Å².